The molecule has 0 aliphatic rings. The average Bonchev–Trinajstić information content (AvgIpc) is 2.50. The summed E-state index contributed by atoms with van der Waals surface area (Å²) in [6.45, 7) is 4.28. The number of ether oxygens (including phenoxy) is 2. The second-order valence-corrected chi connectivity index (χ2v) is 7.41. The number of methoxy groups -OCH3 is 2. The molecule has 3 nitrogen and oxygen atoms in total. The van der Waals surface area contributed by atoms with Crippen molar-refractivity contribution in [1.82, 2.24) is 0 Å². The first-order chi connectivity index (χ1) is 10.4. The van der Waals surface area contributed by atoms with Gasteiger partial charge in [0.05, 0.1) is 29.8 Å². The maximum absolute atomic E-state index is 6.07. The van der Waals surface area contributed by atoms with Crippen molar-refractivity contribution in [1.29, 1.82) is 0 Å². The summed E-state index contributed by atoms with van der Waals surface area (Å²) in [4.78, 5) is 0.945. The van der Waals surface area contributed by atoms with Crippen LogP contribution in [0.2, 0.25) is 5.02 Å². The Labute approximate surface area is 140 Å². The number of hydrogen-bond donors (Lipinski definition) is 1. The summed E-state index contributed by atoms with van der Waals surface area (Å²) in [6, 6.07) is 11.6. The summed E-state index contributed by atoms with van der Waals surface area (Å²) in [7, 11) is 3.31. The molecule has 2 N–H and O–H groups in total. The molecule has 0 saturated carbocycles. The predicted molar refractivity (Wildman–Crippen MR) is 94.3 cm³/mol. The minimum Gasteiger partial charge on any atom is -0.496 e. The standard InChI is InChI=1S/C17H20ClNO2S/c1-17(2,11-7-5-6-8-14(11)20-3)22-16-10-13(19)12(18)9-15(16)21-4/h5-10H,19H2,1-4H3. The largest absolute Gasteiger partial charge is 0.496 e. The van der Waals surface area contributed by atoms with Crippen LogP contribution < -0.4 is 15.2 Å². The summed E-state index contributed by atoms with van der Waals surface area (Å²) < 4.78 is 10.7. The number of hydrogen-bond acceptors (Lipinski definition) is 4. The molecule has 0 fully saturated rings. The van der Waals surface area contributed by atoms with Crippen molar-refractivity contribution in [2.24, 2.45) is 0 Å². The Morgan fingerprint density at radius 1 is 1.05 bits per heavy atom. The molecule has 118 valence electrons. The summed E-state index contributed by atoms with van der Waals surface area (Å²) in [5.74, 6) is 1.58. The van der Waals surface area contributed by atoms with Crippen molar-refractivity contribution in [3.63, 3.8) is 0 Å². The molecule has 0 spiro atoms. The lowest BCUT2D eigenvalue weighted by Gasteiger charge is -2.27. The highest BCUT2D eigenvalue weighted by atomic mass is 35.5. The van der Waals surface area contributed by atoms with Crippen LogP contribution in [0.4, 0.5) is 5.69 Å². The number of anilines is 1. The molecule has 0 saturated heterocycles. The molecule has 0 unspecified atom stereocenters. The topological polar surface area (TPSA) is 44.5 Å². The van der Waals surface area contributed by atoms with E-state index < -0.39 is 0 Å². The number of nitrogens with two attached hydrogens (primary N) is 1. The predicted octanol–water partition coefficient (Wildman–Crippen LogP) is 4.97. The average molecular weight is 338 g/mol. The number of rotatable bonds is 5. The van der Waals surface area contributed by atoms with Crippen LogP contribution >= 0.6 is 23.4 Å². The van der Waals surface area contributed by atoms with E-state index in [-0.39, 0.29) is 4.75 Å². The molecule has 5 heteroatoms. The maximum atomic E-state index is 6.07. The third-order valence-electron chi connectivity index (χ3n) is 3.40. The van der Waals surface area contributed by atoms with Gasteiger partial charge in [-0.25, -0.2) is 0 Å². The van der Waals surface area contributed by atoms with E-state index in [1.165, 1.54) is 0 Å². The zero-order chi connectivity index (χ0) is 16.3. The molecule has 0 aliphatic heterocycles. The molecule has 0 amide bonds. The Morgan fingerprint density at radius 3 is 2.32 bits per heavy atom. The first-order valence-electron chi connectivity index (χ1n) is 6.84. The molecule has 2 aromatic rings. The van der Waals surface area contributed by atoms with E-state index in [9.17, 15) is 0 Å². The quantitative estimate of drug-likeness (QED) is 0.618. The van der Waals surface area contributed by atoms with Gasteiger partial charge in [0.15, 0.2) is 0 Å². The monoisotopic (exact) mass is 337 g/mol. The molecule has 0 aliphatic carbocycles. The highest BCUT2D eigenvalue weighted by Gasteiger charge is 2.27. The van der Waals surface area contributed by atoms with E-state index in [0.717, 1.165) is 16.2 Å². The molecule has 0 aromatic heterocycles. The third-order valence-corrected chi connectivity index (χ3v) is 5.00. The van der Waals surface area contributed by atoms with Crippen LogP contribution in [0.25, 0.3) is 0 Å². The number of benzene rings is 2. The molecular formula is C17H20ClNO2S. The van der Waals surface area contributed by atoms with Gasteiger partial charge in [-0.3, -0.25) is 0 Å². The Kier molecular flexibility index (Phi) is 5.14. The van der Waals surface area contributed by atoms with E-state index in [1.54, 1.807) is 32.0 Å². The normalized spacial score (nSPS) is 11.3. The van der Waals surface area contributed by atoms with Crippen LogP contribution in [-0.2, 0) is 4.75 Å². The molecule has 0 atom stereocenters. The van der Waals surface area contributed by atoms with E-state index in [2.05, 4.69) is 19.9 Å². The van der Waals surface area contributed by atoms with Gasteiger partial charge in [0, 0.05) is 16.4 Å². The summed E-state index contributed by atoms with van der Waals surface area (Å²) in [6.07, 6.45) is 0. The van der Waals surface area contributed by atoms with Crippen LogP contribution in [0, 0.1) is 0 Å². The van der Waals surface area contributed by atoms with Crippen LogP contribution in [0.15, 0.2) is 41.3 Å². The van der Waals surface area contributed by atoms with Crippen LogP contribution in [-0.4, -0.2) is 14.2 Å². The fourth-order valence-corrected chi connectivity index (χ4v) is 3.67. The Bertz CT molecular complexity index is 674. The Morgan fingerprint density at radius 2 is 1.68 bits per heavy atom. The van der Waals surface area contributed by atoms with Crippen molar-refractivity contribution in [3.8, 4) is 11.5 Å². The van der Waals surface area contributed by atoms with Gasteiger partial charge in [0.25, 0.3) is 0 Å². The maximum Gasteiger partial charge on any atom is 0.134 e. The molecule has 2 aromatic carbocycles. The fourth-order valence-electron chi connectivity index (χ4n) is 2.26. The molecule has 0 heterocycles. The van der Waals surface area contributed by atoms with Crippen molar-refractivity contribution < 1.29 is 9.47 Å². The van der Waals surface area contributed by atoms with E-state index in [4.69, 9.17) is 26.8 Å². The van der Waals surface area contributed by atoms with Crippen molar-refractivity contribution in [2.75, 3.05) is 20.0 Å². The van der Waals surface area contributed by atoms with Gasteiger partial charge in [-0.15, -0.1) is 11.8 Å². The highest BCUT2D eigenvalue weighted by Crippen LogP contribution is 2.48. The van der Waals surface area contributed by atoms with Gasteiger partial charge in [-0.05, 0) is 26.0 Å². The number of para-hydroxylation sites is 1. The SMILES string of the molecule is COc1cc(Cl)c(N)cc1SC(C)(C)c1ccccc1OC. The van der Waals surface area contributed by atoms with E-state index in [1.807, 2.05) is 24.3 Å². The lowest BCUT2D eigenvalue weighted by atomic mass is 10.0. The van der Waals surface area contributed by atoms with Gasteiger partial charge in [0.2, 0.25) is 0 Å². The van der Waals surface area contributed by atoms with Gasteiger partial charge in [0.1, 0.15) is 11.5 Å². The smallest absolute Gasteiger partial charge is 0.134 e. The lowest BCUT2D eigenvalue weighted by molar-refractivity contribution is 0.403. The summed E-state index contributed by atoms with van der Waals surface area (Å²) in [5.41, 5.74) is 7.58. The van der Waals surface area contributed by atoms with Crippen LogP contribution in [0.3, 0.4) is 0 Å². The first kappa shape index (κ1) is 16.8. The minimum atomic E-state index is -0.222. The first-order valence-corrected chi connectivity index (χ1v) is 8.04. The van der Waals surface area contributed by atoms with Gasteiger partial charge in [-0.2, -0.15) is 0 Å². The molecule has 0 bridgehead atoms. The number of thioether (sulfide) groups is 1. The molecule has 0 radical (unpaired) electrons. The second kappa shape index (κ2) is 6.71. The van der Waals surface area contributed by atoms with Crippen molar-refractivity contribution >= 4 is 29.1 Å². The Balaban J connectivity index is 2.42. The van der Waals surface area contributed by atoms with Crippen molar-refractivity contribution in [3.05, 3.63) is 47.0 Å². The number of nitrogen functional groups attached to an aromatic ring is 1. The van der Waals surface area contributed by atoms with Crippen LogP contribution in [0.5, 0.6) is 11.5 Å². The molecule has 22 heavy (non-hydrogen) atoms. The highest BCUT2D eigenvalue weighted by molar-refractivity contribution is 8.00. The zero-order valence-electron chi connectivity index (χ0n) is 13.1. The Hall–Kier alpha value is -1.52. The number of halogens is 1. The van der Waals surface area contributed by atoms with Gasteiger partial charge in [-0.1, -0.05) is 29.8 Å². The van der Waals surface area contributed by atoms with E-state index in [0.29, 0.717) is 16.5 Å². The lowest BCUT2D eigenvalue weighted by Crippen LogP contribution is -2.13. The molecular weight excluding hydrogens is 318 g/mol. The summed E-state index contributed by atoms with van der Waals surface area (Å²) in [5, 5.41) is 0.497. The van der Waals surface area contributed by atoms with Crippen LogP contribution in [0.1, 0.15) is 19.4 Å². The second-order valence-electron chi connectivity index (χ2n) is 5.34. The zero-order valence-corrected chi connectivity index (χ0v) is 14.7. The van der Waals surface area contributed by atoms with E-state index >= 15 is 0 Å². The van der Waals surface area contributed by atoms with Crippen molar-refractivity contribution in [2.45, 2.75) is 23.5 Å². The van der Waals surface area contributed by atoms with Gasteiger partial charge >= 0.3 is 0 Å². The van der Waals surface area contributed by atoms with Gasteiger partial charge < -0.3 is 15.2 Å². The fraction of sp³-hybridized carbons (Fsp3) is 0.294. The molecule has 2 rings (SSSR count). The minimum absolute atomic E-state index is 0.222. The third kappa shape index (κ3) is 3.45. The summed E-state index contributed by atoms with van der Waals surface area (Å²) >= 11 is 7.73.